The van der Waals surface area contributed by atoms with Crippen LogP contribution in [-0.2, 0) is 14.4 Å². The van der Waals surface area contributed by atoms with Gasteiger partial charge in [0.2, 0.25) is 17.7 Å². The third-order valence-electron chi connectivity index (χ3n) is 5.76. The summed E-state index contributed by atoms with van der Waals surface area (Å²) in [4.78, 5) is 40.3. The molecular formula is C20H22N2O3S. The molecule has 1 aromatic carbocycles. The van der Waals surface area contributed by atoms with Crippen LogP contribution in [0.2, 0.25) is 0 Å². The number of imide groups is 1. The number of para-hydroxylation sites is 1. The van der Waals surface area contributed by atoms with Crippen LogP contribution < -0.4 is 5.32 Å². The third kappa shape index (κ3) is 2.76. The number of rotatable bonds is 6. The highest BCUT2D eigenvalue weighted by Gasteiger charge is 2.60. The Labute approximate surface area is 157 Å². The number of nitrogens with one attached hydrogen (secondary N) is 1. The van der Waals surface area contributed by atoms with Gasteiger partial charge in [0.25, 0.3) is 0 Å². The molecule has 1 N–H and O–H groups in total. The minimum atomic E-state index is -0.743. The number of amides is 3. The van der Waals surface area contributed by atoms with Gasteiger partial charge in [0.15, 0.2) is 0 Å². The Kier molecular flexibility index (Phi) is 4.61. The SMILES string of the molecule is CSCCC(C(=O)Nc1ccccc1)N1C(=O)C2C3C=CC(C3)C2C1=O. The molecule has 0 spiro atoms. The number of hydrogen-bond donors (Lipinski definition) is 1. The van der Waals surface area contributed by atoms with Gasteiger partial charge < -0.3 is 5.32 Å². The summed E-state index contributed by atoms with van der Waals surface area (Å²) in [6.45, 7) is 0. The molecule has 1 saturated carbocycles. The van der Waals surface area contributed by atoms with Gasteiger partial charge in [0.05, 0.1) is 11.8 Å². The van der Waals surface area contributed by atoms with Gasteiger partial charge in [-0.05, 0) is 48.8 Å². The molecule has 0 radical (unpaired) electrons. The predicted molar refractivity (Wildman–Crippen MR) is 101 cm³/mol. The van der Waals surface area contributed by atoms with Crippen LogP contribution in [-0.4, -0.2) is 40.7 Å². The van der Waals surface area contributed by atoms with E-state index < -0.39 is 6.04 Å². The molecule has 26 heavy (non-hydrogen) atoms. The molecule has 2 fully saturated rings. The number of benzene rings is 1. The largest absolute Gasteiger partial charge is 0.324 e. The van der Waals surface area contributed by atoms with E-state index in [-0.39, 0.29) is 41.4 Å². The van der Waals surface area contributed by atoms with Crippen LogP contribution >= 0.6 is 11.8 Å². The van der Waals surface area contributed by atoms with Crippen LogP contribution in [0, 0.1) is 23.7 Å². The zero-order valence-electron chi connectivity index (χ0n) is 14.6. The first-order valence-electron chi connectivity index (χ1n) is 9.02. The van der Waals surface area contributed by atoms with Gasteiger partial charge in [-0.25, -0.2) is 0 Å². The van der Waals surface area contributed by atoms with Gasteiger partial charge in [0.1, 0.15) is 6.04 Å². The molecule has 1 saturated heterocycles. The normalized spacial score (nSPS) is 30.0. The minimum absolute atomic E-state index is 0.157. The average Bonchev–Trinajstić information content (AvgIpc) is 3.32. The highest BCUT2D eigenvalue weighted by Crippen LogP contribution is 2.53. The van der Waals surface area contributed by atoms with Crippen LogP contribution in [0.1, 0.15) is 12.8 Å². The molecular weight excluding hydrogens is 348 g/mol. The first-order chi connectivity index (χ1) is 12.6. The van der Waals surface area contributed by atoms with Crippen molar-refractivity contribution in [3.8, 4) is 0 Å². The van der Waals surface area contributed by atoms with E-state index in [4.69, 9.17) is 0 Å². The van der Waals surface area contributed by atoms with Crippen molar-refractivity contribution in [2.24, 2.45) is 23.7 Å². The van der Waals surface area contributed by atoms with Crippen LogP contribution in [0.3, 0.4) is 0 Å². The maximum atomic E-state index is 13.0. The van der Waals surface area contributed by atoms with E-state index in [1.54, 1.807) is 23.9 Å². The molecule has 0 aromatic heterocycles. The van der Waals surface area contributed by atoms with Crippen molar-refractivity contribution in [1.82, 2.24) is 4.90 Å². The Bertz CT molecular complexity index is 734. The smallest absolute Gasteiger partial charge is 0.247 e. The molecule has 3 amide bonds. The Morgan fingerprint density at radius 3 is 2.35 bits per heavy atom. The number of carbonyl (C=O) groups excluding carboxylic acids is 3. The molecule has 2 aliphatic carbocycles. The van der Waals surface area contributed by atoms with Gasteiger partial charge in [-0.15, -0.1) is 0 Å². The number of allylic oxidation sites excluding steroid dienone is 2. The number of thioether (sulfide) groups is 1. The predicted octanol–water partition coefficient (Wildman–Crippen LogP) is 2.55. The quantitative estimate of drug-likeness (QED) is 0.617. The Morgan fingerprint density at radius 2 is 1.77 bits per heavy atom. The molecule has 136 valence electrons. The van der Waals surface area contributed by atoms with Crippen LogP contribution in [0.5, 0.6) is 0 Å². The van der Waals surface area contributed by atoms with E-state index in [2.05, 4.69) is 17.5 Å². The lowest BCUT2D eigenvalue weighted by Crippen LogP contribution is -2.48. The number of likely N-dealkylation sites (tertiary alicyclic amines) is 1. The number of anilines is 1. The second-order valence-electron chi connectivity index (χ2n) is 7.20. The molecule has 5 nitrogen and oxygen atoms in total. The van der Waals surface area contributed by atoms with E-state index in [0.29, 0.717) is 17.9 Å². The molecule has 5 unspecified atom stereocenters. The fraction of sp³-hybridized carbons (Fsp3) is 0.450. The highest BCUT2D eigenvalue weighted by atomic mass is 32.2. The summed E-state index contributed by atoms with van der Waals surface area (Å²) in [5.74, 6) is -0.110. The van der Waals surface area contributed by atoms with Crippen LogP contribution in [0.25, 0.3) is 0 Å². The van der Waals surface area contributed by atoms with E-state index in [9.17, 15) is 14.4 Å². The summed E-state index contributed by atoms with van der Waals surface area (Å²) in [6.07, 6.45) is 7.47. The molecule has 6 heteroatoms. The standard InChI is InChI=1S/C20H22N2O3S/c1-26-10-9-15(18(23)21-14-5-3-2-4-6-14)22-19(24)16-12-7-8-13(11-12)17(16)20(22)25/h2-8,12-13,15-17H,9-11H2,1H3,(H,21,23). The van der Waals surface area contributed by atoms with Crippen molar-refractivity contribution in [1.29, 1.82) is 0 Å². The maximum absolute atomic E-state index is 13.0. The zero-order chi connectivity index (χ0) is 18.3. The number of carbonyl (C=O) groups is 3. The van der Waals surface area contributed by atoms with Crippen molar-refractivity contribution in [3.63, 3.8) is 0 Å². The van der Waals surface area contributed by atoms with Crippen LogP contribution in [0.4, 0.5) is 5.69 Å². The lowest BCUT2D eigenvalue weighted by Gasteiger charge is -2.27. The van der Waals surface area contributed by atoms with E-state index in [1.165, 1.54) is 4.90 Å². The van der Waals surface area contributed by atoms with Crippen molar-refractivity contribution < 1.29 is 14.4 Å². The first kappa shape index (κ1) is 17.3. The van der Waals surface area contributed by atoms with Crippen molar-refractivity contribution in [2.45, 2.75) is 18.9 Å². The van der Waals surface area contributed by atoms with Gasteiger partial charge >= 0.3 is 0 Å². The fourth-order valence-electron chi connectivity index (χ4n) is 4.59. The van der Waals surface area contributed by atoms with Crippen molar-refractivity contribution in [3.05, 3.63) is 42.5 Å². The summed E-state index contributed by atoms with van der Waals surface area (Å²) in [5.41, 5.74) is 0.674. The average molecular weight is 370 g/mol. The fourth-order valence-corrected chi connectivity index (χ4v) is 5.05. The van der Waals surface area contributed by atoms with Gasteiger partial charge in [0, 0.05) is 5.69 Å². The third-order valence-corrected chi connectivity index (χ3v) is 6.40. The van der Waals surface area contributed by atoms with E-state index >= 15 is 0 Å². The Hall–Kier alpha value is -2.08. The highest BCUT2D eigenvalue weighted by molar-refractivity contribution is 7.98. The monoisotopic (exact) mass is 370 g/mol. The van der Waals surface area contributed by atoms with Gasteiger partial charge in [-0.2, -0.15) is 11.8 Å². The molecule has 5 atom stereocenters. The molecule has 4 rings (SSSR count). The summed E-state index contributed by atoms with van der Waals surface area (Å²) in [7, 11) is 0. The topological polar surface area (TPSA) is 66.5 Å². The first-order valence-corrected chi connectivity index (χ1v) is 10.4. The Morgan fingerprint density at radius 1 is 1.15 bits per heavy atom. The summed E-state index contributed by atoms with van der Waals surface area (Å²) >= 11 is 1.61. The second kappa shape index (κ2) is 6.91. The Balaban J connectivity index is 1.57. The van der Waals surface area contributed by atoms with Crippen molar-refractivity contribution in [2.75, 3.05) is 17.3 Å². The summed E-state index contributed by atoms with van der Waals surface area (Å²) < 4.78 is 0. The second-order valence-corrected chi connectivity index (χ2v) is 8.18. The summed E-state index contributed by atoms with van der Waals surface area (Å²) in [5, 5.41) is 2.86. The molecule has 1 aliphatic heterocycles. The van der Waals surface area contributed by atoms with Gasteiger partial charge in [-0.1, -0.05) is 30.4 Å². The molecule has 1 heterocycles. The number of fused-ring (bicyclic) bond motifs is 5. The lowest BCUT2D eigenvalue weighted by atomic mass is 9.85. The van der Waals surface area contributed by atoms with E-state index in [1.807, 2.05) is 24.5 Å². The summed E-state index contributed by atoms with van der Waals surface area (Å²) in [6, 6.07) is 8.41. The maximum Gasteiger partial charge on any atom is 0.247 e. The zero-order valence-corrected chi connectivity index (χ0v) is 15.4. The number of hydrogen-bond acceptors (Lipinski definition) is 4. The van der Waals surface area contributed by atoms with Gasteiger partial charge in [-0.3, -0.25) is 19.3 Å². The van der Waals surface area contributed by atoms with Crippen LogP contribution in [0.15, 0.2) is 42.5 Å². The molecule has 3 aliphatic rings. The van der Waals surface area contributed by atoms with Crippen molar-refractivity contribution >= 4 is 35.2 Å². The van der Waals surface area contributed by atoms with E-state index in [0.717, 1.165) is 6.42 Å². The molecule has 2 bridgehead atoms. The molecule has 1 aromatic rings. The minimum Gasteiger partial charge on any atom is -0.324 e. The lowest BCUT2D eigenvalue weighted by molar-refractivity contribution is -0.147. The number of nitrogens with zero attached hydrogens (tertiary/aromatic N) is 1.